The number of carbonyl (C=O) groups excluding carboxylic acids is 1. The summed E-state index contributed by atoms with van der Waals surface area (Å²) in [7, 11) is 0. The van der Waals surface area contributed by atoms with E-state index in [-0.39, 0.29) is 11.3 Å². The summed E-state index contributed by atoms with van der Waals surface area (Å²) in [5, 5.41) is 2.50. The molecule has 0 spiro atoms. The first-order chi connectivity index (χ1) is 14.0. The minimum absolute atomic E-state index is 0.304. The largest absolute Gasteiger partial charge is 0.464 e. The lowest BCUT2D eigenvalue weighted by Gasteiger charge is -2.04. The van der Waals surface area contributed by atoms with Gasteiger partial charge in [0.15, 0.2) is 4.34 Å². The third kappa shape index (κ3) is 4.30. The molecule has 0 aliphatic rings. The van der Waals surface area contributed by atoms with Gasteiger partial charge in [0.1, 0.15) is 23.2 Å². The molecule has 29 heavy (non-hydrogen) atoms. The molecule has 1 aromatic carbocycles. The quantitative estimate of drug-likeness (QED) is 0.267. The van der Waals surface area contributed by atoms with Gasteiger partial charge in [-0.1, -0.05) is 30.0 Å². The summed E-state index contributed by atoms with van der Waals surface area (Å²) in [4.78, 5) is 41.0. The SMILES string of the molecule is Cc1csc(SCc2cc(=O)c(OC(=O)c3cc4ccccc4oc3=O)co2)n1. The van der Waals surface area contributed by atoms with Crippen molar-refractivity contribution in [1.29, 1.82) is 0 Å². The van der Waals surface area contributed by atoms with Crippen molar-refractivity contribution in [1.82, 2.24) is 4.98 Å². The van der Waals surface area contributed by atoms with E-state index < -0.39 is 17.0 Å². The third-order valence-electron chi connectivity index (χ3n) is 3.85. The molecule has 4 aromatic rings. The number of benzene rings is 1. The van der Waals surface area contributed by atoms with E-state index in [2.05, 4.69) is 4.98 Å². The zero-order valence-corrected chi connectivity index (χ0v) is 16.7. The Balaban J connectivity index is 1.50. The molecular formula is C20H13NO6S2. The molecule has 0 fully saturated rings. The molecule has 0 bridgehead atoms. The van der Waals surface area contributed by atoms with Crippen molar-refractivity contribution in [2.75, 3.05) is 0 Å². The number of carbonyl (C=O) groups is 1. The monoisotopic (exact) mass is 427 g/mol. The van der Waals surface area contributed by atoms with E-state index in [0.717, 1.165) is 16.3 Å². The molecule has 0 N–H and O–H groups in total. The van der Waals surface area contributed by atoms with E-state index in [4.69, 9.17) is 13.6 Å². The van der Waals surface area contributed by atoms with E-state index >= 15 is 0 Å². The van der Waals surface area contributed by atoms with Crippen molar-refractivity contribution in [2.24, 2.45) is 0 Å². The summed E-state index contributed by atoms with van der Waals surface area (Å²) in [5.41, 5.74) is -0.391. The molecule has 0 saturated carbocycles. The lowest BCUT2D eigenvalue weighted by Crippen LogP contribution is -2.21. The molecule has 9 heteroatoms. The Labute approximate surface area is 172 Å². The second-order valence-corrected chi connectivity index (χ2v) is 8.07. The van der Waals surface area contributed by atoms with Gasteiger partial charge in [-0.05, 0) is 19.1 Å². The van der Waals surface area contributed by atoms with Crippen molar-refractivity contribution in [3.63, 3.8) is 0 Å². The lowest BCUT2D eigenvalue weighted by molar-refractivity contribution is 0.0724. The first-order valence-corrected chi connectivity index (χ1v) is 10.3. The van der Waals surface area contributed by atoms with Gasteiger partial charge in [-0.2, -0.15) is 0 Å². The fourth-order valence-corrected chi connectivity index (χ4v) is 4.22. The maximum absolute atomic E-state index is 12.4. The van der Waals surface area contributed by atoms with Crippen LogP contribution in [0.25, 0.3) is 11.0 Å². The van der Waals surface area contributed by atoms with Crippen molar-refractivity contribution in [2.45, 2.75) is 17.0 Å². The van der Waals surface area contributed by atoms with Gasteiger partial charge in [0.05, 0.1) is 5.75 Å². The van der Waals surface area contributed by atoms with Crippen molar-refractivity contribution < 1.29 is 18.4 Å². The summed E-state index contributed by atoms with van der Waals surface area (Å²) in [6.45, 7) is 1.90. The smallest absolute Gasteiger partial charge is 0.351 e. The van der Waals surface area contributed by atoms with Crippen LogP contribution in [0, 0.1) is 6.92 Å². The van der Waals surface area contributed by atoms with Gasteiger partial charge in [-0.25, -0.2) is 14.6 Å². The highest BCUT2D eigenvalue weighted by molar-refractivity contribution is 8.00. The Hall–Kier alpha value is -3.17. The standard InChI is InChI=1S/C20H13NO6S2/c1-11-9-28-20(21-11)29-10-13-7-15(22)17(8-25-13)27-19(24)14-6-12-4-2-3-5-16(12)26-18(14)23/h2-9H,10H2,1H3. The van der Waals surface area contributed by atoms with Gasteiger partial charge in [0.25, 0.3) is 0 Å². The van der Waals surface area contributed by atoms with Crippen molar-refractivity contribution in [3.8, 4) is 5.75 Å². The minimum Gasteiger partial charge on any atom is -0.464 e. The van der Waals surface area contributed by atoms with Gasteiger partial charge < -0.3 is 13.6 Å². The molecule has 0 amide bonds. The fourth-order valence-electron chi connectivity index (χ4n) is 2.48. The van der Waals surface area contributed by atoms with Gasteiger partial charge in [-0.3, -0.25) is 4.79 Å². The molecule has 0 unspecified atom stereocenters. The molecule has 0 aliphatic heterocycles. The maximum atomic E-state index is 12.4. The molecular weight excluding hydrogens is 414 g/mol. The number of para-hydroxylation sites is 1. The Morgan fingerprint density at radius 1 is 1.24 bits per heavy atom. The van der Waals surface area contributed by atoms with E-state index in [9.17, 15) is 14.4 Å². The fraction of sp³-hybridized carbons (Fsp3) is 0.100. The molecule has 0 atom stereocenters. The zero-order chi connectivity index (χ0) is 20.4. The predicted octanol–water partition coefficient (Wildman–Crippen LogP) is 4.02. The third-order valence-corrected chi connectivity index (χ3v) is 6.01. The summed E-state index contributed by atoms with van der Waals surface area (Å²) >= 11 is 2.94. The van der Waals surface area contributed by atoms with E-state index in [1.807, 2.05) is 12.3 Å². The first kappa shape index (κ1) is 19.2. The molecule has 0 radical (unpaired) electrons. The van der Waals surface area contributed by atoms with Crippen LogP contribution in [0.1, 0.15) is 21.8 Å². The van der Waals surface area contributed by atoms with Gasteiger partial charge in [0.2, 0.25) is 11.2 Å². The number of hydrogen-bond donors (Lipinski definition) is 0. The van der Waals surface area contributed by atoms with Crippen LogP contribution in [-0.2, 0) is 5.75 Å². The average Bonchev–Trinajstić information content (AvgIpc) is 3.13. The van der Waals surface area contributed by atoms with E-state index in [1.54, 1.807) is 24.3 Å². The van der Waals surface area contributed by atoms with E-state index in [1.165, 1.54) is 35.2 Å². The molecule has 7 nitrogen and oxygen atoms in total. The number of esters is 1. The molecule has 146 valence electrons. The normalized spacial score (nSPS) is 10.9. The number of ether oxygens (including phenoxy) is 1. The summed E-state index contributed by atoms with van der Waals surface area (Å²) < 4.78 is 16.4. The van der Waals surface area contributed by atoms with Crippen LogP contribution < -0.4 is 15.8 Å². The number of aromatic nitrogens is 1. The van der Waals surface area contributed by atoms with Crippen LogP contribution in [0.5, 0.6) is 5.75 Å². The maximum Gasteiger partial charge on any atom is 0.351 e. The van der Waals surface area contributed by atoms with Crippen LogP contribution in [0.15, 0.2) is 70.8 Å². The number of aryl methyl sites for hydroxylation is 1. The molecule has 3 heterocycles. The number of fused-ring (bicyclic) bond motifs is 1. The van der Waals surface area contributed by atoms with Gasteiger partial charge in [-0.15, -0.1) is 11.3 Å². The van der Waals surface area contributed by atoms with Gasteiger partial charge >= 0.3 is 11.6 Å². The lowest BCUT2D eigenvalue weighted by atomic mass is 10.2. The van der Waals surface area contributed by atoms with Crippen molar-refractivity contribution >= 4 is 40.0 Å². The molecule has 4 rings (SSSR count). The van der Waals surface area contributed by atoms with Crippen LogP contribution >= 0.6 is 23.1 Å². The number of hydrogen-bond acceptors (Lipinski definition) is 9. The Kier molecular flexibility index (Phi) is 5.32. The zero-order valence-electron chi connectivity index (χ0n) is 15.0. The number of thioether (sulfide) groups is 1. The average molecular weight is 427 g/mol. The summed E-state index contributed by atoms with van der Waals surface area (Å²) in [5.74, 6) is -0.471. The van der Waals surface area contributed by atoms with Gasteiger partial charge in [0, 0.05) is 22.5 Å². The minimum atomic E-state index is -0.989. The predicted molar refractivity (Wildman–Crippen MR) is 109 cm³/mol. The Morgan fingerprint density at radius 3 is 2.83 bits per heavy atom. The highest BCUT2D eigenvalue weighted by Gasteiger charge is 2.18. The first-order valence-electron chi connectivity index (χ1n) is 8.41. The number of nitrogens with zero attached hydrogens (tertiary/aromatic N) is 1. The second-order valence-electron chi connectivity index (χ2n) is 5.99. The molecule has 0 saturated heterocycles. The highest BCUT2D eigenvalue weighted by atomic mass is 32.2. The second kappa shape index (κ2) is 8.06. The summed E-state index contributed by atoms with van der Waals surface area (Å²) in [6, 6.07) is 9.38. The van der Waals surface area contributed by atoms with Crippen LogP contribution in [0.4, 0.5) is 0 Å². The van der Waals surface area contributed by atoms with Crippen LogP contribution in [-0.4, -0.2) is 11.0 Å². The topological polar surface area (TPSA) is 99.6 Å². The van der Waals surface area contributed by atoms with Crippen LogP contribution in [0.3, 0.4) is 0 Å². The number of rotatable bonds is 5. The molecule has 0 aliphatic carbocycles. The highest BCUT2D eigenvalue weighted by Crippen LogP contribution is 2.26. The van der Waals surface area contributed by atoms with Crippen LogP contribution in [0.2, 0.25) is 0 Å². The molecule has 3 aromatic heterocycles. The number of thiazole rings is 1. The Bertz CT molecular complexity index is 1320. The van der Waals surface area contributed by atoms with E-state index in [0.29, 0.717) is 22.5 Å². The van der Waals surface area contributed by atoms with Crippen molar-refractivity contribution in [3.05, 3.63) is 85.7 Å². The summed E-state index contributed by atoms with van der Waals surface area (Å²) in [6.07, 6.45) is 1.06. The Morgan fingerprint density at radius 2 is 2.07 bits per heavy atom.